The number of rotatable bonds is 6. The van der Waals surface area contributed by atoms with E-state index in [0.29, 0.717) is 22.8 Å². The van der Waals surface area contributed by atoms with Gasteiger partial charge < -0.3 is 9.52 Å². The van der Waals surface area contributed by atoms with Crippen molar-refractivity contribution in [3.8, 4) is 62.1 Å². The molecule has 0 amide bonds. The molecule has 1 aliphatic rings. The second-order valence-electron chi connectivity index (χ2n) is 21.0. The van der Waals surface area contributed by atoms with E-state index in [1.54, 1.807) is 0 Å². The van der Waals surface area contributed by atoms with E-state index in [1.807, 2.05) is 24.4 Å². The number of oxazole rings is 1. The number of aromatic nitrogens is 3. The molecule has 0 radical (unpaired) electrons. The van der Waals surface area contributed by atoms with Crippen molar-refractivity contribution in [2.75, 3.05) is 0 Å². The molecule has 3 aromatic heterocycles. The minimum atomic E-state index is -0.273. The number of nitrogens with zero attached hydrogens (tertiary/aromatic N) is 3. The summed E-state index contributed by atoms with van der Waals surface area (Å²) < 4.78 is 6.72. The lowest BCUT2D eigenvalue weighted by Crippen LogP contribution is -2.20. The number of benzene rings is 4. The molecule has 0 atom stereocenters. The van der Waals surface area contributed by atoms with Crippen LogP contribution in [0, 0.1) is 5.41 Å². The van der Waals surface area contributed by atoms with Crippen LogP contribution in [0.2, 0.25) is 0 Å². The van der Waals surface area contributed by atoms with Crippen LogP contribution in [0.4, 0.5) is 0 Å². The molecule has 60 heavy (non-hydrogen) atoms. The second-order valence-corrected chi connectivity index (χ2v) is 21.0. The van der Waals surface area contributed by atoms with E-state index in [4.69, 9.17) is 19.4 Å². The van der Waals surface area contributed by atoms with Crippen LogP contribution in [-0.2, 0) is 16.2 Å². The fourth-order valence-electron chi connectivity index (χ4n) is 8.57. The van der Waals surface area contributed by atoms with Crippen molar-refractivity contribution in [1.29, 1.82) is 0 Å². The van der Waals surface area contributed by atoms with Crippen LogP contribution in [0.3, 0.4) is 0 Å². The van der Waals surface area contributed by atoms with Gasteiger partial charge in [-0.15, -0.1) is 0 Å². The summed E-state index contributed by atoms with van der Waals surface area (Å²) in [7, 11) is 0. The number of hydrogen-bond acceptors (Lipinski definition) is 5. The van der Waals surface area contributed by atoms with Crippen LogP contribution in [-0.4, -0.2) is 20.1 Å². The Hall–Kier alpha value is -5.55. The largest absolute Gasteiger partial charge is 0.507 e. The Bertz CT molecular complexity index is 2660. The Morgan fingerprint density at radius 2 is 1.22 bits per heavy atom. The van der Waals surface area contributed by atoms with E-state index in [2.05, 4.69) is 161 Å². The summed E-state index contributed by atoms with van der Waals surface area (Å²) in [6.45, 7) is 24.5. The first-order valence-corrected chi connectivity index (χ1v) is 21.7. The Labute approximate surface area is 357 Å². The Balaban J connectivity index is 1.29. The Kier molecular flexibility index (Phi) is 10.4. The van der Waals surface area contributed by atoms with E-state index in [0.717, 1.165) is 72.7 Å². The summed E-state index contributed by atoms with van der Waals surface area (Å²) in [5, 5.41) is 12.0. The van der Waals surface area contributed by atoms with Gasteiger partial charge in [-0.1, -0.05) is 131 Å². The second kappa shape index (κ2) is 15.2. The molecule has 0 unspecified atom stereocenters. The summed E-state index contributed by atoms with van der Waals surface area (Å²) in [6, 6.07) is 36.2. The Morgan fingerprint density at radius 1 is 0.583 bits per heavy atom. The van der Waals surface area contributed by atoms with Gasteiger partial charge in [-0.05, 0) is 124 Å². The molecule has 0 aliphatic heterocycles. The maximum Gasteiger partial charge on any atom is 0.227 e. The summed E-state index contributed by atoms with van der Waals surface area (Å²) in [6.07, 6.45) is 6.90. The molecule has 1 aliphatic carbocycles. The van der Waals surface area contributed by atoms with Crippen LogP contribution in [0.25, 0.3) is 67.5 Å². The van der Waals surface area contributed by atoms with Gasteiger partial charge in [0.1, 0.15) is 11.3 Å². The molecule has 8 rings (SSSR count). The van der Waals surface area contributed by atoms with Crippen molar-refractivity contribution in [2.45, 2.75) is 124 Å². The van der Waals surface area contributed by atoms with Crippen LogP contribution in [0.1, 0.15) is 130 Å². The molecule has 4 aromatic carbocycles. The first-order chi connectivity index (χ1) is 28.2. The van der Waals surface area contributed by atoms with Crippen molar-refractivity contribution < 1.29 is 9.52 Å². The van der Waals surface area contributed by atoms with Crippen molar-refractivity contribution in [2.24, 2.45) is 5.41 Å². The summed E-state index contributed by atoms with van der Waals surface area (Å²) >= 11 is 0. The molecule has 0 saturated heterocycles. The fourth-order valence-corrected chi connectivity index (χ4v) is 8.57. The predicted octanol–water partition coefficient (Wildman–Crippen LogP) is 15.2. The minimum Gasteiger partial charge on any atom is -0.507 e. The van der Waals surface area contributed by atoms with Gasteiger partial charge in [-0.3, -0.25) is 4.98 Å². The highest BCUT2D eigenvalue weighted by Crippen LogP contribution is 2.45. The molecule has 0 spiro atoms. The van der Waals surface area contributed by atoms with Crippen molar-refractivity contribution in [3.63, 3.8) is 0 Å². The van der Waals surface area contributed by atoms with Crippen molar-refractivity contribution >= 4 is 11.1 Å². The zero-order valence-electron chi connectivity index (χ0n) is 37.5. The van der Waals surface area contributed by atoms with Crippen LogP contribution >= 0.6 is 0 Å². The molecule has 1 saturated carbocycles. The molecule has 1 fully saturated rings. The number of pyridine rings is 2. The lowest BCUT2D eigenvalue weighted by atomic mass is 9.71. The normalized spacial score (nSPS) is 15.1. The zero-order chi connectivity index (χ0) is 42.8. The smallest absolute Gasteiger partial charge is 0.227 e. The number of aromatic hydroxyl groups is 1. The SMILES string of the molecule is CC1(C)CCC(c2ccc(-c3nc4c(-c5ccc(-c6ccccc6)cn5)cc(-c5cc(C(C)(C)C)cc(-c6cc(C(C)(C)C)cc(C(C)(C)C)c6O)n5)cc4o3)cc2)CC1. The Morgan fingerprint density at radius 3 is 1.83 bits per heavy atom. The van der Waals surface area contributed by atoms with E-state index in [9.17, 15) is 5.11 Å². The summed E-state index contributed by atoms with van der Waals surface area (Å²) in [5.74, 6) is 1.45. The highest BCUT2D eigenvalue weighted by Gasteiger charge is 2.29. The van der Waals surface area contributed by atoms with E-state index in [1.165, 1.54) is 31.2 Å². The highest BCUT2D eigenvalue weighted by atomic mass is 16.3. The van der Waals surface area contributed by atoms with Crippen molar-refractivity contribution in [3.05, 3.63) is 132 Å². The molecule has 308 valence electrons. The average molecular weight is 796 g/mol. The molecule has 7 aromatic rings. The average Bonchev–Trinajstić information content (AvgIpc) is 3.64. The van der Waals surface area contributed by atoms with E-state index in [-0.39, 0.29) is 22.0 Å². The number of phenols is 1. The van der Waals surface area contributed by atoms with Crippen LogP contribution in [0.15, 0.2) is 114 Å². The topological polar surface area (TPSA) is 72.0 Å². The third-order valence-corrected chi connectivity index (χ3v) is 12.7. The molecule has 5 heteroatoms. The maximum absolute atomic E-state index is 12.0. The first-order valence-electron chi connectivity index (χ1n) is 21.7. The molecular formula is C55H61N3O2. The van der Waals surface area contributed by atoms with E-state index >= 15 is 0 Å². The number of fused-ring (bicyclic) bond motifs is 1. The monoisotopic (exact) mass is 795 g/mol. The van der Waals surface area contributed by atoms with E-state index < -0.39 is 0 Å². The summed E-state index contributed by atoms with van der Waals surface area (Å²) in [4.78, 5) is 15.6. The maximum atomic E-state index is 12.0. The lowest BCUT2D eigenvalue weighted by molar-refractivity contribution is 0.224. The van der Waals surface area contributed by atoms with Gasteiger partial charge in [0, 0.05) is 39.6 Å². The van der Waals surface area contributed by atoms with Gasteiger partial charge in [-0.2, -0.15) is 0 Å². The highest BCUT2D eigenvalue weighted by molar-refractivity contribution is 5.95. The summed E-state index contributed by atoms with van der Waals surface area (Å²) in [5.41, 5.74) is 13.8. The van der Waals surface area contributed by atoms with Gasteiger partial charge in [-0.25, -0.2) is 9.97 Å². The minimum absolute atomic E-state index is 0.132. The zero-order valence-corrected chi connectivity index (χ0v) is 37.5. The molecule has 5 nitrogen and oxygen atoms in total. The predicted molar refractivity (Wildman–Crippen MR) is 250 cm³/mol. The van der Waals surface area contributed by atoms with Crippen LogP contribution in [0.5, 0.6) is 5.75 Å². The first kappa shape index (κ1) is 41.2. The quantitative estimate of drug-likeness (QED) is 0.181. The van der Waals surface area contributed by atoms with Crippen molar-refractivity contribution in [1.82, 2.24) is 15.0 Å². The standard InChI is InChI=1S/C55H61N3O2/c1-52(2,3)40-29-43(50(59)44(30-40)54(7,8)9)47-32-41(53(4,5)6)31-46(57-47)39-27-42(45-22-21-38(33-56-45)34-15-13-12-14-16-34)49-48(28-39)60-51(58-49)37-19-17-35(18-20-37)36-23-25-55(10,11)26-24-36/h12-22,27-33,36,59H,23-26H2,1-11H3. The molecule has 1 N–H and O–H groups in total. The lowest BCUT2D eigenvalue weighted by Gasteiger charge is -2.34. The number of phenolic OH excluding ortho intramolecular Hbond substituents is 1. The van der Waals surface area contributed by atoms with Gasteiger partial charge >= 0.3 is 0 Å². The molecule has 0 bridgehead atoms. The molecular weight excluding hydrogens is 735 g/mol. The fraction of sp³-hybridized carbons (Fsp3) is 0.364. The van der Waals surface area contributed by atoms with Crippen LogP contribution < -0.4 is 0 Å². The third-order valence-electron chi connectivity index (χ3n) is 12.7. The number of hydrogen-bond donors (Lipinski definition) is 1. The van der Waals surface area contributed by atoms with Gasteiger partial charge in [0.05, 0.1) is 17.1 Å². The van der Waals surface area contributed by atoms with Gasteiger partial charge in [0.25, 0.3) is 0 Å². The van der Waals surface area contributed by atoms with Gasteiger partial charge in [0.2, 0.25) is 5.89 Å². The third kappa shape index (κ3) is 8.41. The van der Waals surface area contributed by atoms with Gasteiger partial charge in [0.15, 0.2) is 5.58 Å². The molecule has 3 heterocycles.